The van der Waals surface area contributed by atoms with Gasteiger partial charge >= 0.3 is 6.18 Å². The molecule has 0 aliphatic carbocycles. The average molecular weight is 265 g/mol. The normalized spacial score (nSPS) is 15.6. The SMILES string of the molecule is CC(Cl)CC(C)Cc1cccc(C(F)(F)F)c1. The molecular weight excluding hydrogens is 249 g/mol. The molecule has 1 aromatic rings. The van der Waals surface area contributed by atoms with Crippen LogP contribution >= 0.6 is 11.6 Å². The summed E-state index contributed by atoms with van der Waals surface area (Å²) >= 11 is 5.86. The molecule has 0 fully saturated rings. The Morgan fingerprint density at radius 2 is 1.88 bits per heavy atom. The third-order valence-corrected chi connectivity index (χ3v) is 2.74. The zero-order valence-electron chi connectivity index (χ0n) is 9.89. The molecule has 0 N–H and O–H groups in total. The van der Waals surface area contributed by atoms with Crippen LogP contribution in [-0.4, -0.2) is 5.38 Å². The summed E-state index contributed by atoms with van der Waals surface area (Å²) in [6.45, 7) is 3.89. The van der Waals surface area contributed by atoms with E-state index in [1.807, 2.05) is 13.8 Å². The van der Waals surface area contributed by atoms with Crippen LogP contribution in [0.2, 0.25) is 0 Å². The van der Waals surface area contributed by atoms with Crippen molar-refractivity contribution in [2.75, 3.05) is 0 Å². The molecule has 1 rings (SSSR count). The highest BCUT2D eigenvalue weighted by Crippen LogP contribution is 2.30. The molecule has 96 valence electrons. The Bertz CT molecular complexity index is 358. The van der Waals surface area contributed by atoms with Crippen LogP contribution in [-0.2, 0) is 12.6 Å². The largest absolute Gasteiger partial charge is 0.416 e. The van der Waals surface area contributed by atoms with Crippen molar-refractivity contribution in [2.45, 2.75) is 38.2 Å². The lowest BCUT2D eigenvalue weighted by atomic mass is 9.96. The minimum atomic E-state index is -4.26. The molecule has 0 spiro atoms. The second-order valence-electron chi connectivity index (χ2n) is 4.52. The Hall–Kier alpha value is -0.700. The summed E-state index contributed by atoms with van der Waals surface area (Å²) in [5.41, 5.74) is 0.130. The second kappa shape index (κ2) is 5.76. The standard InChI is InChI=1S/C13H16ClF3/c1-9(6-10(2)14)7-11-4-3-5-12(8-11)13(15,16)17/h3-5,8-10H,6-7H2,1-2H3. The minimum absolute atomic E-state index is 0.0517. The van der Waals surface area contributed by atoms with Gasteiger partial charge in [0, 0.05) is 5.38 Å². The zero-order valence-corrected chi connectivity index (χ0v) is 10.6. The maximum atomic E-state index is 12.5. The van der Waals surface area contributed by atoms with E-state index in [9.17, 15) is 13.2 Å². The van der Waals surface area contributed by atoms with Crippen molar-refractivity contribution in [1.82, 2.24) is 0 Å². The van der Waals surface area contributed by atoms with Crippen molar-refractivity contribution in [3.8, 4) is 0 Å². The number of hydrogen-bond acceptors (Lipinski definition) is 0. The zero-order chi connectivity index (χ0) is 13.1. The highest BCUT2D eigenvalue weighted by molar-refractivity contribution is 6.20. The molecule has 0 saturated carbocycles. The summed E-state index contributed by atoms with van der Waals surface area (Å²) < 4.78 is 37.5. The van der Waals surface area contributed by atoms with Gasteiger partial charge in [0.05, 0.1) is 5.56 Å². The van der Waals surface area contributed by atoms with Gasteiger partial charge < -0.3 is 0 Å². The van der Waals surface area contributed by atoms with Crippen LogP contribution in [0.4, 0.5) is 13.2 Å². The molecule has 0 aliphatic heterocycles. The van der Waals surface area contributed by atoms with Crippen LogP contribution < -0.4 is 0 Å². The molecule has 0 radical (unpaired) electrons. The molecule has 2 unspecified atom stereocenters. The molecule has 0 aromatic heterocycles. The van der Waals surface area contributed by atoms with E-state index in [-0.39, 0.29) is 11.3 Å². The summed E-state index contributed by atoms with van der Waals surface area (Å²) in [7, 11) is 0. The molecule has 0 amide bonds. The minimum Gasteiger partial charge on any atom is -0.166 e. The molecule has 17 heavy (non-hydrogen) atoms. The lowest BCUT2D eigenvalue weighted by molar-refractivity contribution is -0.137. The van der Waals surface area contributed by atoms with Gasteiger partial charge in [0.25, 0.3) is 0 Å². The summed E-state index contributed by atoms with van der Waals surface area (Å²) in [6, 6.07) is 5.49. The maximum absolute atomic E-state index is 12.5. The summed E-state index contributed by atoms with van der Waals surface area (Å²) in [4.78, 5) is 0. The van der Waals surface area contributed by atoms with Gasteiger partial charge in [-0.05, 0) is 37.3 Å². The molecule has 1 aromatic carbocycles. The van der Waals surface area contributed by atoms with E-state index >= 15 is 0 Å². The van der Waals surface area contributed by atoms with Gasteiger partial charge in [-0.15, -0.1) is 11.6 Å². The van der Waals surface area contributed by atoms with Crippen LogP contribution in [0.3, 0.4) is 0 Å². The van der Waals surface area contributed by atoms with E-state index < -0.39 is 11.7 Å². The fourth-order valence-electron chi connectivity index (χ4n) is 1.91. The van der Waals surface area contributed by atoms with Gasteiger partial charge in [0.15, 0.2) is 0 Å². The molecule has 0 saturated heterocycles. The lowest BCUT2D eigenvalue weighted by Gasteiger charge is -2.14. The highest BCUT2D eigenvalue weighted by Gasteiger charge is 2.30. The van der Waals surface area contributed by atoms with Crippen molar-refractivity contribution in [1.29, 1.82) is 0 Å². The summed E-state index contributed by atoms with van der Waals surface area (Å²) in [5.74, 6) is 0.283. The van der Waals surface area contributed by atoms with Crippen LogP contribution in [0.25, 0.3) is 0 Å². The van der Waals surface area contributed by atoms with Crippen LogP contribution in [0, 0.1) is 5.92 Å². The molecule has 0 heterocycles. The van der Waals surface area contributed by atoms with Gasteiger partial charge in [-0.25, -0.2) is 0 Å². The number of alkyl halides is 4. The Labute approximate surface area is 105 Å². The predicted molar refractivity (Wildman–Crippen MR) is 64.2 cm³/mol. The second-order valence-corrected chi connectivity index (χ2v) is 5.27. The lowest BCUT2D eigenvalue weighted by Crippen LogP contribution is -2.08. The van der Waals surface area contributed by atoms with Crippen LogP contribution in [0.5, 0.6) is 0 Å². The van der Waals surface area contributed by atoms with Crippen LogP contribution in [0.1, 0.15) is 31.4 Å². The van der Waals surface area contributed by atoms with Crippen LogP contribution in [0.15, 0.2) is 24.3 Å². The number of hydrogen-bond donors (Lipinski definition) is 0. The predicted octanol–water partition coefficient (Wildman–Crippen LogP) is 4.90. The quantitative estimate of drug-likeness (QED) is 0.679. The molecule has 0 aliphatic rings. The summed E-state index contributed by atoms with van der Waals surface area (Å²) in [5, 5.41) is 0.0517. The fraction of sp³-hybridized carbons (Fsp3) is 0.538. The third kappa shape index (κ3) is 4.99. The van der Waals surface area contributed by atoms with Gasteiger partial charge in [0.1, 0.15) is 0 Å². The van der Waals surface area contributed by atoms with E-state index in [2.05, 4.69) is 0 Å². The maximum Gasteiger partial charge on any atom is 0.416 e. The number of rotatable bonds is 4. The topological polar surface area (TPSA) is 0 Å². The van der Waals surface area contributed by atoms with E-state index in [1.165, 1.54) is 12.1 Å². The Morgan fingerprint density at radius 1 is 1.24 bits per heavy atom. The molecular formula is C13H16ClF3. The van der Waals surface area contributed by atoms with Crippen molar-refractivity contribution in [3.05, 3.63) is 35.4 Å². The Balaban J connectivity index is 2.72. The van der Waals surface area contributed by atoms with E-state index in [0.29, 0.717) is 12.0 Å². The first-order valence-corrected chi connectivity index (χ1v) is 6.03. The monoisotopic (exact) mass is 264 g/mol. The highest BCUT2D eigenvalue weighted by atomic mass is 35.5. The van der Waals surface area contributed by atoms with Gasteiger partial charge in [-0.2, -0.15) is 13.2 Å². The summed E-state index contributed by atoms with van der Waals surface area (Å²) in [6.07, 6.45) is -2.84. The van der Waals surface area contributed by atoms with Crippen molar-refractivity contribution < 1.29 is 13.2 Å². The number of halogens is 4. The van der Waals surface area contributed by atoms with Gasteiger partial charge in [-0.3, -0.25) is 0 Å². The molecule has 0 nitrogen and oxygen atoms in total. The molecule has 4 heteroatoms. The molecule has 2 atom stereocenters. The van der Waals surface area contributed by atoms with Gasteiger partial charge in [0.2, 0.25) is 0 Å². The van der Waals surface area contributed by atoms with E-state index in [4.69, 9.17) is 11.6 Å². The average Bonchev–Trinajstić information content (AvgIpc) is 2.15. The first kappa shape index (κ1) is 14.4. The van der Waals surface area contributed by atoms with E-state index in [1.54, 1.807) is 6.07 Å². The number of benzene rings is 1. The Kier molecular flexibility index (Phi) is 4.87. The first-order chi connectivity index (χ1) is 7.79. The first-order valence-electron chi connectivity index (χ1n) is 5.59. The van der Waals surface area contributed by atoms with Crippen molar-refractivity contribution in [2.24, 2.45) is 5.92 Å². The Morgan fingerprint density at radius 3 is 2.41 bits per heavy atom. The van der Waals surface area contributed by atoms with E-state index in [0.717, 1.165) is 12.5 Å². The van der Waals surface area contributed by atoms with Crippen molar-refractivity contribution in [3.63, 3.8) is 0 Å². The third-order valence-electron chi connectivity index (χ3n) is 2.57. The molecule has 0 bridgehead atoms. The van der Waals surface area contributed by atoms with Gasteiger partial charge in [-0.1, -0.05) is 25.1 Å². The smallest absolute Gasteiger partial charge is 0.166 e. The fourth-order valence-corrected chi connectivity index (χ4v) is 2.22. The van der Waals surface area contributed by atoms with Crippen molar-refractivity contribution >= 4 is 11.6 Å².